The first-order valence-electron chi connectivity index (χ1n) is 7.24. The Bertz CT molecular complexity index is 577. The highest BCUT2D eigenvalue weighted by Gasteiger charge is 2.15. The summed E-state index contributed by atoms with van der Waals surface area (Å²) in [6.45, 7) is 4.42. The van der Waals surface area contributed by atoms with Crippen molar-refractivity contribution in [3.05, 3.63) is 69.7 Å². The van der Waals surface area contributed by atoms with Gasteiger partial charge in [-0.2, -0.15) is 0 Å². The molecule has 0 bridgehead atoms. The lowest BCUT2D eigenvalue weighted by Crippen LogP contribution is -2.18. The molecule has 0 aliphatic heterocycles. The standard InChI is InChI=1S/C18H22ClN/c1-4-13-10-11-15(12-14(13)5-2)18(20-3)16-8-6-7-9-17(16)19/h6-12,18,20H,4-5H2,1-3H3. The zero-order chi connectivity index (χ0) is 14.5. The average molecular weight is 288 g/mol. The number of aryl methyl sites for hydroxylation is 2. The van der Waals surface area contributed by atoms with Crippen LogP contribution in [0.5, 0.6) is 0 Å². The quantitative estimate of drug-likeness (QED) is 0.835. The van der Waals surface area contributed by atoms with Crippen molar-refractivity contribution in [2.24, 2.45) is 0 Å². The van der Waals surface area contributed by atoms with Crippen LogP contribution in [0.2, 0.25) is 5.02 Å². The third-order valence-electron chi connectivity index (χ3n) is 3.83. The van der Waals surface area contributed by atoms with E-state index in [0.717, 1.165) is 23.4 Å². The van der Waals surface area contributed by atoms with Crippen LogP contribution in [-0.4, -0.2) is 7.05 Å². The minimum atomic E-state index is 0.139. The van der Waals surface area contributed by atoms with Gasteiger partial charge < -0.3 is 5.32 Å². The van der Waals surface area contributed by atoms with Crippen LogP contribution < -0.4 is 5.32 Å². The Hall–Kier alpha value is -1.31. The largest absolute Gasteiger partial charge is 0.309 e. The highest BCUT2D eigenvalue weighted by molar-refractivity contribution is 6.31. The van der Waals surface area contributed by atoms with Gasteiger partial charge in [0.2, 0.25) is 0 Å². The summed E-state index contributed by atoms with van der Waals surface area (Å²) in [6.07, 6.45) is 2.15. The summed E-state index contributed by atoms with van der Waals surface area (Å²) in [7, 11) is 1.98. The Morgan fingerprint density at radius 1 is 1.00 bits per heavy atom. The van der Waals surface area contributed by atoms with Crippen molar-refractivity contribution in [1.82, 2.24) is 5.32 Å². The number of nitrogens with one attached hydrogen (secondary N) is 1. The Morgan fingerprint density at radius 2 is 1.70 bits per heavy atom. The number of hydrogen-bond acceptors (Lipinski definition) is 1. The molecule has 1 unspecified atom stereocenters. The highest BCUT2D eigenvalue weighted by Crippen LogP contribution is 2.29. The molecule has 0 fully saturated rings. The summed E-state index contributed by atoms with van der Waals surface area (Å²) in [4.78, 5) is 0. The van der Waals surface area contributed by atoms with Crippen molar-refractivity contribution in [2.75, 3.05) is 7.05 Å². The molecule has 2 heteroatoms. The van der Waals surface area contributed by atoms with E-state index in [0.29, 0.717) is 0 Å². The SMILES string of the molecule is CCc1ccc(C(NC)c2ccccc2Cl)cc1CC. The van der Waals surface area contributed by atoms with Gasteiger partial charge in [0.05, 0.1) is 6.04 Å². The van der Waals surface area contributed by atoms with Crippen LogP contribution in [0, 0.1) is 0 Å². The lowest BCUT2D eigenvalue weighted by Gasteiger charge is -2.20. The number of benzene rings is 2. The molecule has 1 atom stereocenters. The molecule has 2 aromatic rings. The van der Waals surface area contributed by atoms with Gasteiger partial charge >= 0.3 is 0 Å². The highest BCUT2D eigenvalue weighted by atomic mass is 35.5. The van der Waals surface area contributed by atoms with Crippen LogP contribution in [0.3, 0.4) is 0 Å². The Kier molecular flexibility index (Phi) is 5.22. The van der Waals surface area contributed by atoms with Gasteiger partial charge in [-0.3, -0.25) is 0 Å². The predicted octanol–water partition coefficient (Wildman–Crippen LogP) is 4.77. The summed E-state index contributed by atoms with van der Waals surface area (Å²) in [5.41, 5.74) is 5.26. The molecule has 0 heterocycles. The van der Waals surface area contributed by atoms with Crippen molar-refractivity contribution in [1.29, 1.82) is 0 Å². The van der Waals surface area contributed by atoms with E-state index in [2.05, 4.69) is 43.4 Å². The van der Waals surface area contributed by atoms with Gasteiger partial charge in [-0.05, 0) is 48.2 Å². The summed E-state index contributed by atoms with van der Waals surface area (Å²) >= 11 is 6.34. The molecule has 0 amide bonds. The Balaban J connectivity index is 2.45. The number of hydrogen-bond donors (Lipinski definition) is 1. The van der Waals surface area contributed by atoms with Gasteiger partial charge in [-0.15, -0.1) is 0 Å². The molecule has 106 valence electrons. The molecule has 20 heavy (non-hydrogen) atoms. The maximum Gasteiger partial charge on any atom is 0.0589 e. The predicted molar refractivity (Wildman–Crippen MR) is 87.6 cm³/mol. The fourth-order valence-electron chi connectivity index (χ4n) is 2.71. The topological polar surface area (TPSA) is 12.0 Å². The first-order valence-corrected chi connectivity index (χ1v) is 7.62. The molecular weight excluding hydrogens is 266 g/mol. The average Bonchev–Trinajstić information content (AvgIpc) is 2.49. The molecule has 0 radical (unpaired) electrons. The van der Waals surface area contributed by atoms with Gasteiger partial charge in [0, 0.05) is 5.02 Å². The van der Waals surface area contributed by atoms with Gasteiger partial charge in [-0.25, -0.2) is 0 Å². The molecule has 0 saturated carbocycles. The lowest BCUT2D eigenvalue weighted by molar-refractivity contribution is 0.690. The second kappa shape index (κ2) is 6.92. The number of halogens is 1. The van der Waals surface area contributed by atoms with E-state index < -0.39 is 0 Å². The van der Waals surface area contributed by atoms with Gasteiger partial charge in [-0.1, -0.05) is 61.8 Å². The smallest absolute Gasteiger partial charge is 0.0589 e. The van der Waals surface area contributed by atoms with Gasteiger partial charge in [0.25, 0.3) is 0 Å². The summed E-state index contributed by atoms with van der Waals surface area (Å²) < 4.78 is 0. The van der Waals surface area contributed by atoms with E-state index in [1.54, 1.807) is 0 Å². The second-order valence-corrected chi connectivity index (χ2v) is 5.39. The van der Waals surface area contributed by atoms with Crippen molar-refractivity contribution in [2.45, 2.75) is 32.7 Å². The van der Waals surface area contributed by atoms with E-state index in [4.69, 9.17) is 11.6 Å². The molecule has 0 aliphatic rings. The first-order chi connectivity index (χ1) is 9.71. The molecule has 0 saturated heterocycles. The van der Waals surface area contributed by atoms with Crippen molar-refractivity contribution in [3.8, 4) is 0 Å². The Labute approximate surface area is 127 Å². The molecule has 0 aromatic heterocycles. The maximum absolute atomic E-state index is 6.34. The fourth-order valence-corrected chi connectivity index (χ4v) is 2.96. The molecule has 1 nitrogen and oxygen atoms in total. The summed E-state index contributed by atoms with van der Waals surface area (Å²) in [6, 6.07) is 14.9. The van der Waals surface area contributed by atoms with Crippen molar-refractivity contribution < 1.29 is 0 Å². The van der Waals surface area contributed by atoms with Crippen molar-refractivity contribution in [3.63, 3.8) is 0 Å². The van der Waals surface area contributed by atoms with E-state index in [9.17, 15) is 0 Å². The monoisotopic (exact) mass is 287 g/mol. The minimum absolute atomic E-state index is 0.139. The molecule has 2 aromatic carbocycles. The van der Waals surface area contributed by atoms with Crippen molar-refractivity contribution >= 4 is 11.6 Å². The Morgan fingerprint density at radius 3 is 2.30 bits per heavy atom. The van der Waals surface area contributed by atoms with Crippen LogP contribution >= 0.6 is 11.6 Å². The van der Waals surface area contributed by atoms with Gasteiger partial charge in [0.1, 0.15) is 0 Å². The normalized spacial score (nSPS) is 12.4. The third-order valence-corrected chi connectivity index (χ3v) is 4.17. The number of rotatable bonds is 5. The van der Waals surface area contributed by atoms with E-state index in [-0.39, 0.29) is 6.04 Å². The van der Waals surface area contributed by atoms with Gasteiger partial charge in [0.15, 0.2) is 0 Å². The third kappa shape index (κ3) is 3.05. The molecule has 2 rings (SSSR count). The summed E-state index contributed by atoms with van der Waals surface area (Å²) in [5.74, 6) is 0. The zero-order valence-corrected chi connectivity index (χ0v) is 13.2. The van der Waals surface area contributed by atoms with Crippen LogP contribution in [0.15, 0.2) is 42.5 Å². The first kappa shape index (κ1) is 15.1. The second-order valence-electron chi connectivity index (χ2n) is 4.98. The molecule has 0 spiro atoms. The van der Waals surface area contributed by atoms with E-state index in [1.807, 2.05) is 25.2 Å². The van der Waals surface area contributed by atoms with Crippen LogP contribution in [0.1, 0.15) is 42.1 Å². The van der Waals surface area contributed by atoms with Crippen LogP contribution in [0.25, 0.3) is 0 Å². The van der Waals surface area contributed by atoms with Crippen LogP contribution in [0.4, 0.5) is 0 Å². The zero-order valence-electron chi connectivity index (χ0n) is 12.4. The molecular formula is C18H22ClN. The van der Waals surface area contributed by atoms with Crippen LogP contribution in [-0.2, 0) is 12.8 Å². The fraction of sp³-hybridized carbons (Fsp3) is 0.333. The maximum atomic E-state index is 6.34. The minimum Gasteiger partial charge on any atom is -0.309 e. The van der Waals surface area contributed by atoms with E-state index >= 15 is 0 Å². The lowest BCUT2D eigenvalue weighted by atomic mass is 9.93. The molecule has 0 aliphatic carbocycles. The summed E-state index contributed by atoms with van der Waals surface area (Å²) in [5, 5.41) is 4.19. The van der Waals surface area contributed by atoms with E-state index in [1.165, 1.54) is 16.7 Å². The molecule has 1 N–H and O–H groups in total.